The number of thioether (sulfide) groups is 2. The van der Waals surface area contributed by atoms with Gasteiger partial charge < -0.3 is 10.2 Å². The Balaban J connectivity index is 3.88. The summed E-state index contributed by atoms with van der Waals surface area (Å²) in [5, 5.41) is 18.9. The molecule has 164 valence electrons. The minimum absolute atomic E-state index is 0.290. The van der Waals surface area contributed by atoms with Crippen molar-refractivity contribution in [2.75, 3.05) is 12.5 Å². The monoisotopic (exact) mass is 457 g/mol. The van der Waals surface area contributed by atoms with Crippen LogP contribution in [-0.2, 0) is 9.59 Å². The summed E-state index contributed by atoms with van der Waals surface area (Å²) in [5.74, 6) is -7.32. The molecule has 3 N–H and O–H groups in total. The number of alkyl halides is 6. The summed E-state index contributed by atoms with van der Waals surface area (Å²) in [6.07, 6.45) is -9.70. The van der Waals surface area contributed by atoms with Crippen LogP contribution in [0.15, 0.2) is 0 Å². The number of hydrogen-bond acceptors (Lipinski definition) is 7. The third-order valence-corrected chi connectivity index (χ3v) is 5.97. The maximum Gasteiger partial charge on any atom is 0.431 e. The van der Waals surface area contributed by atoms with Crippen molar-refractivity contribution in [3.8, 4) is 0 Å². The molecule has 1 rings (SSSR count). The Morgan fingerprint density at radius 3 is 1.46 bits per heavy atom. The number of nitrogens with one attached hydrogen (secondary N) is 1. The SMILES string of the molecule is CSC(=O)C1C(CC(C)C)C(C(=O)SC)C(O)(C(F)(F)F)NC1(O)C(F)(F)F. The lowest BCUT2D eigenvalue weighted by molar-refractivity contribution is -0.378. The Morgan fingerprint density at radius 2 is 1.25 bits per heavy atom. The van der Waals surface area contributed by atoms with E-state index in [1.54, 1.807) is 0 Å². The number of halogens is 6. The van der Waals surface area contributed by atoms with E-state index in [1.807, 2.05) is 0 Å². The zero-order valence-corrected chi connectivity index (χ0v) is 16.9. The normalized spacial score (nSPS) is 34.5. The molecule has 5 nitrogen and oxygen atoms in total. The average molecular weight is 457 g/mol. The first-order valence-corrected chi connectivity index (χ1v) is 10.5. The number of piperidine rings is 1. The molecule has 4 unspecified atom stereocenters. The fourth-order valence-corrected chi connectivity index (χ4v) is 4.71. The predicted octanol–water partition coefficient (Wildman–Crippen LogP) is 2.77. The molecule has 0 radical (unpaired) electrons. The van der Waals surface area contributed by atoms with Gasteiger partial charge in [-0.25, -0.2) is 5.32 Å². The maximum absolute atomic E-state index is 13.7. The molecule has 28 heavy (non-hydrogen) atoms. The van der Waals surface area contributed by atoms with Gasteiger partial charge in [-0.3, -0.25) is 9.59 Å². The second kappa shape index (κ2) is 8.32. The van der Waals surface area contributed by atoms with Crippen LogP contribution in [0.5, 0.6) is 0 Å². The summed E-state index contributed by atoms with van der Waals surface area (Å²) in [7, 11) is 0. The molecular weight excluding hydrogens is 436 g/mol. The Morgan fingerprint density at radius 1 is 0.929 bits per heavy atom. The fraction of sp³-hybridized carbons (Fsp3) is 0.867. The number of hydrogen-bond donors (Lipinski definition) is 3. The molecule has 0 aromatic carbocycles. The molecule has 0 spiro atoms. The molecule has 1 saturated heterocycles. The van der Waals surface area contributed by atoms with Gasteiger partial charge in [-0.2, -0.15) is 26.3 Å². The van der Waals surface area contributed by atoms with Gasteiger partial charge in [-0.05, 0) is 30.8 Å². The van der Waals surface area contributed by atoms with Gasteiger partial charge in [-0.15, -0.1) is 0 Å². The van der Waals surface area contributed by atoms with Crippen LogP contribution in [0.3, 0.4) is 0 Å². The number of carbonyl (C=O) groups is 2. The average Bonchev–Trinajstić information content (AvgIpc) is 2.51. The second-order valence-electron chi connectivity index (χ2n) is 6.95. The van der Waals surface area contributed by atoms with Crippen LogP contribution in [0.25, 0.3) is 0 Å². The summed E-state index contributed by atoms with van der Waals surface area (Å²) < 4.78 is 82.1. The molecule has 0 aromatic rings. The molecular formula is C15H21F6NO4S2. The van der Waals surface area contributed by atoms with Crippen molar-refractivity contribution >= 4 is 33.8 Å². The number of rotatable bonds is 4. The summed E-state index contributed by atoms with van der Waals surface area (Å²) in [6, 6.07) is 0. The summed E-state index contributed by atoms with van der Waals surface area (Å²) in [6.45, 7) is 2.95. The van der Waals surface area contributed by atoms with Gasteiger partial charge in [0.15, 0.2) is 10.2 Å². The molecule has 0 aliphatic carbocycles. The largest absolute Gasteiger partial charge is 0.431 e. The zero-order valence-electron chi connectivity index (χ0n) is 15.3. The number of carbonyl (C=O) groups excluding carboxylic acids is 2. The third kappa shape index (κ3) is 4.32. The van der Waals surface area contributed by atoms with Crippen LogP contribution in [0.1, 0.15) is 20.3 Å². The van der Waals surface area contributed by atoms with Crippen LogP contribution in [0.2, 0.25) is 0 Å². The van der Waals surface area contributed by atoms with Crippen molar-refractivity contribution < 1.29 is 46.1 Å². The highest BCUT2D eigenvalue weighted by atomic mass is 32.2. The molecule has 0 aromatic heterocycles. The first-order valence-electron chi connectivity index (χ1n) is 8.01. The van der Waals surface area contributed by atoms with Gasteiger partial charge in [0.25, 0.3) is 0 Å². The van der Waals surface area contributed by atoms with E-state index < -0.39 is 64.1 Å². The van der Waals surface area contributed by atoms with E-state index in [2.05, 4.69) is 0 Å². The zero-order chi connectivity index (χ0) is 22.3. The highest BCUT2D eigenvalue weighted by Crippen LogP contribution is 2.54. The van der Waals surface area contributed by atoms with E-state index in [1.165, 1.54) is 13.8 Å². The Labute approximate surface area is 166 Å². The van der Waals surface area contributed by atoms with Gasteiger partial charge >= 0.3 is 12.4 Å². The lowest BCUT2D eigenvalue weighted by Crippen LogP contribution is -2.81. The highest BCUT2D eigenvalue weighted by molar-refractivity contribution is 8.13. The molecule has 13 heteroatoms. The van der Waals surface area contributed by atoms with Gasteiger partial charge in [0.2, 0.25) is 11.4 Å². The highest BCUT2D eigenvalue weighted by Gasteiger charge is 2.77. The Hall–Kier alpha value is -0.500. The van der Waals surface area contributed by atoms with E-state index in [4.69, 9.17) is 0 Å². The molecule has 1 fully saturated rings. The van der Waals surface area contributed by atoms with E-state index in [0.29, 0.717) is 0 Å². The first kappa shape index (κ1) is 25.5. The number of aliphatic hydroxyl groups is 2. The van der Waals surface area contributed by atoms with Crippen molar-refractivity contribution in [1.82, 2.24) is 5.32 Å². The first-order chi connectivity index (χ1) is 12.5. The summed E-state index contributed by atoms with van der Waals surface area (Å²) in [4.78, 5) is 24.6. The van der Waals surface area contributed by atoms with Gasteiger partial charge in [0.1, 0.15) is 0 Å². The topological polar surface area (TPSA) is 86.6 Å². The van der Waals surface area contributed by atoms with Gasteiger partial charge in [0, 0.05) is 0 Å². The minimum atomic E-state index is -5.75. The smallest absolute Gasteiger partial charge is 0.367 e. The summed E-state index contributed by atoms with van der Waals surface area (Å²) in [5.41, 5.74) is -8.77. The van der Waals surface area contributed by atoms with Crippen molar-refractivity contribution in [3.05, 3.63) is 0 Å². The van der Waals surface area contributed by atoms with E-state index in [-0.39, 0.29) is 23.5 Å². The van der Waals surface area contributed by atoms with Crippen LogP contribution in [0, 0.1) is 23.7 Å². The van der Waals surface area contributed by atoms with Crippen molar-refractivity contribution in [2.45, 2.75) is 44.1 Å². The molecule has 1 heterocycles. The van der Waals surface area contributed by atoms with E-state index in [9.17, 15) is 46.1 Å². The van der Waals surface area contributed by atoms with E-state index in [0.717, 1.165) is 17.8 Å². The lowest BCUT2D eigenvalue weighted by Gasteiger charge is -2.55. The van der Waals surface area contributed by atoms with Crippen molar-refractivity contribution in [3.63, 3.8) is 0 Å². The van der Waals surface area contributed by atoms with E-state index >= 15 is 0 Å². The second-order valence-corrected chi connectivity index (χ2v) is 8.57. The fourth-order valence-electron chi connectivity index (χ4n) is 3.51. The summed E-state index contributed by atoms with van der Waals surface area (Å²) >= 11 is 0.579. The third-order valence-electron chi connectivity index (χ3n) is 4.66. The molecule has 4 atom stereocenters. The van der Waals surface area contributed by atoms with Crippen molar-refractivity contribution in [2.24, 2.45) is 23.7 Å². The molecule has 0 bridgehead atoms. The van der Waals surface area contributed by atoms with Crippen LogP contribution < -0.4 is 5.32 Å². The maximum atomic E-state index is 13.7. The van der Waals surface area contributed by atoms with Gasteiger partial charge in [0.05, 0.1) is 11.8 Å². The molecule has 1 aliphatic rings. The predicted molar refractivity (Wildman–Crippen MR) is 92.1 cm³/mol. The van der Waals surface area contributed by atoms with Crippen molar-refractivity contribution in [1.29, 1.82) is 0 Å². The van der Waals surface area contributed by atoms with Crippen LogP contribution in [0.4, 0.5) is 26.3 Å². The molecule has 0 saturated carbocycles. The minimum Gasteiger partial charge on any atom is -0.367 e. The quantitative estimate of drug-likeness (QED) is 0.560. The lowest BCUT2D eigenvalue weighted by atomic mass is 9.65. The van der Waals surface area contributed by atoms with Crippen LogP contribution in [-0.4, -0.2) is 56.8 Å². The molecule has 1 aliphatic heterocycles. The van der Waals surface area contributed by atoms with Gasteiger partial charge in [-0.1, -0.05) is 37.4 Å². The standard InChI is InChI=1S/C15H21F6NO4S2/c1-6(2)5-7-8(10(23)27-3)12(25,14(16,17)18)22-13(26,15(19,20)21)9(7)11(24)28-4/h6-9,22,25-26H,5H2,1-4H3. The Bertz CT molecular complexity index is 568. The van der Waals surface area contributed by atoms with Crippen LogP contribution >= 0.6 is 23.5 Å². The molecule has 0 amide bonds. The Kier molecular flexibility index (Phi) is 7.59.